The summed E-state index contributed by atoms with van der Waals surface area (Å²) in [4.78, 5) is 4.39. The number of fused-ring (bicyclic) bond motifs is 2. The van der Waals surface area contributed by atoms with E-state index < -0.39 is 12.1 Å². The highest BCUT2D eigenvalue weighted by Gasteiger charge is 2.24. The van der Waals surface area contributed by atoms with E-state index in [4.69, 9.17) is 5.73 Å². The molecule has 4 rings (SSSR count). The second-order valence-electron chi connectivity index (χ2n) is 4.40. The van der Waals surface area contributed by atoms with Gasteiger partial charge in [-0.05, 0) is 12.1 Å². The molecule has 1 aromatic carbocycles. The van der Waals surface area contributed by atoms with Gasteiger partial charge in [0.2, 0.25) is 5.13 Å². The lowest BCUT2D eigenvalue weighted by molar-refractivity contribution is 0.147. The number of nitrogens with one attached hydrogen (secondary N) is 1. The number of anilines is 1. The summed E-state index contributed by atoms with van der Waals surface area (Å²) in [6, 6.07) is 7.51. The summed E-state index contributed by atoms with van der Waals surface area (Å²) in [5.41, 5.74) is 6.30. The molecule has 0 spiro atoms. The summed E-state index contributed by atoms with van der Waals surface area (Å²) in [5, 5.41) is 11.0. The van der Waals surface area contributed by atoms with Crippen LogP contribution in [0.3, 0.4) is 0 Å². The van der Waals surface area contributed by atoms with Crippen LogP contribution in [0.4, 0.5) is 14.6 Å². The van der Waals surface area contributed by atoms with Gasteiger partial charge >= 0.3 is 0 Å². The number of aromatic nitrogens is 5. The maximum Gasteiger partial charge on any atom is 0.282 e. The molecule has 0 saturated carbocycles. The zero-order valence-corrected chi connectivity index (χ0v) is 11.2. The van der Waals surface area contributed by atoms with Crippen molar-refractivity contribution in [2.24, 2.45) is 0 Å². The average molecular weight is 306 g/mol. The number of aromatic amines is 1. The van der Waals surface area contributed by atoms with Gasteiger partial charge in [-0.3, -0.25) is 5.10 Å². The molecule has 0 unspecified atom stereocenters. The maximum atomic E-state index is 13.1. The van der Waals surface area contributed by atoms with Gasteiger partial charge in [-0.25, -0.2) is 13.8 Å². The van der Waals surface area contributed by atoms with E-state index in [1.165, 1.54) is 16.0 Å². The van der Waals surface area contributed by atoms with E-state index in [-0.39, 0.29) is 16.9 Å². The van der Waals surface area contributed by atoms with Crippen LogP contribution in [0.15, 0.2) is 24.3 Å². The molecule has 4 aromatic rings. The highest BCUT2D eigenvalue weighted by Crippen LogP contribution is 2.33. The van der Waals surface area contributed by atoms with Crippen molar-refractivity contribution in [1.29, 1.82) is 0 Å². The van der Waals surface area contributed by atoms with Crippen LogP contribution in [-0.4, -0.2) is 25.0 Å². The molecule has 3 N–H and O–H groups in total. The van der Waals surface area contributed by atoms with Gasteiger partial charge in [0.05, 0.1) is 15.6 Å². The van der Waals surface area contributed by atoms with E-state index in [1.54, 1.807) is 0 Å². The summed E-state index contributed by atoms with van der Waals surface area (Å²) in [7, 11) is 0. The van der Waals surface area contributed by atoms with Crippen molar-refractivity contribution in [3.63, 3.8) is 0 Å². The van der Waals surface area contributed by atoms with Crippen molar-refractivity contribution in [3.8, 4) is 5.13 Å². The Hall–Kier alpha value is -2.55. The molecular formula is C12H8F2N6S. The van der Waals surface area contributed by atoms with Crippen molar-refractivity contribution < 1.29 is 8.78 Å². The standard InChI is InChI=1S/C12H8F2N6S/c13-9(14)8-7-10(15)17-18-11(7)20(19-8)12-16-5-3-1-2-4-6(5)21-12/h1-4,9H,(H3,15,17,18). The maximum absolute atomic E-state index is 13.1. The molecule has 9 heteroatoms. The van der Waals surface area contributed by atoms with E-state index in [0.29, 0.717) is 5.13 Å². The minimum absolute atomic E-state index is 0.0765. The van der Waals surface area contributed by atoms with Crippen LogP contribution in [0.1, 0.15) is 12.1 Å². The molecule has 0 amide bonds. The van der Waals surface area contributed by atoms with Crippen molar-refractivity contribution in [1.82, 2.24) is 25.0 Å². The number of para-hydroxylation sites is 1. The first-order chi connectivity index (χ1) is 10.1. The molecule has 6 nitrogen and oxygen atoms in total. The number of nitrogens with zero attached hydrogens (tertiary/aromatic N) is 4. The molecule has 0 fully saturated rings. The summed E-state index contributed by atoms with van der Waals surface area (Å²) in [6.45, 7) is 0. The number of benzene rings is 1. The number of nitrogen functional groups attached to an aromatic ring is 1. The monoisotopic (exact) mass is 306 g/mol. The van der Waals surface area contributed by atoms with Gasteiger partial charge in [-0.15, -0.1) is 0 Å². The Kier molecular flexibility index (Phi) is 2.45. The molecule has 0 atom stereocenters. The third kappa shape index (κ3) is 1.70. The Balaban J connectivity index is 2.01. The lowest BCUT2D eigenvalue weighted by atomic mass is 10.3. The number of nitrogens with two attached hydrogens (primary N) is 1. The van der Waals surface area contributed by atoms with Gasteiger partial charge in [-0.2, -0.15) is 14.9 Å². The van der Waals surface area contributed by atoms with Crippen LogP contribution >= 0.6 is 11.3 Å². The predicted molar refractivity (Wildman–Crippen MR) is 75.8 cm³/mol. The van der Waals surface area contributed by atoms with Crippen LogP contribution in [-0.2, 0) is 0 Å². The number of rotatable bonds is 2. The first-order valence-corrected chi connectivity index (χ1v) is 6.83. The number of hydrogen-bond acceptors (Lipinski definition) is 5. The van der Waals surface area contributed by atoms with E-state index in [9.17, 15) is 8.78 Å². The first kappa shape index (κ1) is 12.2. The van der Waals surface area contributed by atoms with Crippen molar-refractivity contribution in [2.45, 2.75) is 6.43 Å². The molecule has 0 aliphatic carbocycles. The van der Waals surface area contributed by atoms with Gasteiger partial charge in [0.15, 0.2) is 5.65 Å². The van der Waals surface area contributed by atoms with Crippen LogP contribution in [0.25, 0.3) is 26.4 Å². The Labute approximate surface area is 120 Å². The number of hydrogen-bond donors (Lipinski definition) is 2. The number of thiazole rings is 1. The minimum Gasteiger partial charge on any atom is -0.383 e. The van der Waals surface area contributed by atoms with Gasteiger partial charge in [0, 0.05) is 0 Å². The smallest absolute Gasteiger partial charge is 0.282 e. The zero-order chi connectivity index (χ0) is 14.6. The lowest BCUT2D eigenvalue weighted by Crippen LogP contribution is -1.98. The third-order valence-electron chi connectivity index (χ3n) is 3.11. The Morgan fingerprint density at radius 1 is 1.29 bits per heavy atom. The molecule has 106 valence electrons. The molecule has 21 heavy (non-hydrogen) atoms. The van der Waals surface area contributed by atoms with Crippen molar-refractivity contribution >= 4 is 38.4 Å². The van der Waals surface area contributed by atoms with Gasteiger partial charge in [0.25, 0.3) is 6.43 Å². The Bertz CT molecular complexity index is 920. The summed E-state index contributed by atoms with van der Waals surface area (Å²) >= 11 is 1.35. The number of alkyl halides is 2. The molecule has 0 radical (unpaired) electrons. The highest BCUT2D eigenvalue weighted by atomic mass is 32.1. The Morgan fingerprint density at radius 2 is 2.10 bits per heavy atom. The normalized spacial score (nSPS) is 12.0. The molecule has 0 aliphatic rings. The molecular weight excluding hydrogens is 298 g/mol. The van der Waals surface area contributed by atoms with Crippen molar-refractivity contribution in [2.75, 3.05) is 5.73 Å². The largest absolute Gasteiger partial charge is 0.383 e. The summed E-state index contributed by atoms with van der Waals surface area (Å²) in [5.74, 6) is 0.0765. The predicted octanol–water partition coefficient (Wildman–Crippen LogP) is 2.88. The SMILES string of the molecule is Nc1[nH]nc2c1c(C(F)F)nn2-c1nc2ccccc2s1. The second kappa shape index (κ2) is 4.22. The molecule has 0 bridgehead atoms. The van der Waals surface area contributed by atoms with Crippen LogP contribution in [0.2, 0.25) is 0 Å². The fourth-order valence-electron chi connectivity index (χ4n) is 2.19. The summed E-state index contributed by atoms with van der Waals surface area (Å²) < 4.78 is 28.4. The lowest BCUT2D eigenvalue weighted by Gasteiger charge is -1.95. The van der Waals surface area contributed by atoms with E-state index in [2.05, 4.69) is 20.3 Å². The zero-order valence-electron chi connectivity index (χ0n) is 10.4. The van der Waals surface area contributed by atoms with E-state index >= 15 is 0 Å². The van der Waals surface area contributed by atoms with Gasteiger partial charge in [-0.1, -0.05) is 23.5 Å². The van der Waals surface area contributed by atoms with Crippen LogP contribution in [0, 0.1) is 0 Å². The fraction of sp³-hybridized carbons (Fsp3) is 0.0833. The molecule has 3 heterocycles. The van der Waals surface area contributed by atoms with Crippen LogP contribution in [0.5, 0.6) is 0 Å². The number of halogens is 2. The summed E-state index contributed by atoms with van der Waals surface area (Å²) in [6.07, 6.45) is -2.73. The van der Waals surface area contributed by atoms with Gasteiger partial charge < -0.3 is 5.73 Å². The van der Waals surface area contributed by atoms with Crippen LogP contribution < -0.4 is 5.73 Å². The Morgan fingerprint density at radius 3 is 2.86 bits per heavy atom. The van der Waals surface area contributed by atoms with Gasteiger partial charge in [0.1, 0.15) is 11.5 Å². The minimum atomic E-state index is -2.73. The number of H-pyrrole nitrogens is 1. The fourth-order valence-corrected chi connectivity index (χ4v) is 3.11. The second-order valence-corrected chi connectivity index (χ2v) is 5.41. The third-order valence-corrected chi connectivity index (χ3v) is 4.12. The first-order valence-electron chi connectivity index (χ1n) is 6.01. The molecule has 0 saturated heterocycles. The molecule has 0 aliphatic heterocycles. The highest BCUT2D eigenvalue weighted by molar-refractivity contribution is 7.20. The topological polar surface area (TPSA) is 85.4 Å². The van der Waals surface area contributed by atoms with E-state index in [1.807, 2.05) is 24.3 Å². The average Bonchev–Trinajstić information content (AvgIpc) is 3.13. The quantitative estimate of drug-likeness (QED) is 0.596. The molecule has 3 aromatic heterocycles. The van der Waals surface area contributed by atoms with Crippen molar-refractivity contribution in [3.05, 3.63) is 30.0 Å². The van der Waals surface area contributed by atoms with E-state index in [0.717, 1.165) is 10.2 Å².